The summed E-state index contributed by atoms with van der Waals surface area (Å²) < 4.78 is 23.6. The summed E-state index contributed by atoms with van der Waals surface area (Å²) in [4.78, 5) is 25.4. The highest BCUT2D eigenvalue weighted by Gasteiger charge is 2.22. The van der Waals surface area contributed by atoms with Gasteiger partial charge in [0.1, 0.15) is 5.82 Å². The van der Waals surface area contributed by atoms with Gasteiger partial charge in [0.05, 0.1) is 31.9 Å². The number of amides is 1. The summed E-state index contributed by atoms with van der Waals surface area (Å²) in [5.41, 5.74) is 0.322. The van der Waals surface area contributed by atoms with Crippen LogP contribution in [0.4, 0.5) is 10.1 Å². The minimum Gasteiger partial charge on any atom is -0.465 e. The van der Waals surface area contributed by atoms with E-state index in [1.54, 1.807) is 4.90 Å². The molecular formula is C16H21FN2O4. The molecule has 23 heavy (non-hydrogen) atoms. The zero-order chi connectivity index (χ0) is 16.8. The van der Waals surface area contributed by atoms with Gasteiger partial charge >= 0.3 is 5.97 Å². The Bertz CT molecular complexity index is 579. The fraction of sp³-hybridized carbons (Fsp3) is 0.500. The van der Waals surface area contributed by atoms with Crippen LogP contribution in [0.25, 0.3) is 0 Å². The summed E-state index contributed by atoms with van der Waals surface area (Å²) in [6.07, 6.45) is 0.932. The van der Waals surface area contributed by atoms with Crippen LogP contribution in [0.1, 0.15) is 23.7 Å². The number of carbonyl (C=O) groups is 2. The van der Waals surface area contributed by atoms with Gasteiger partial charge in [0.25, 0.3) is 0 Å². The molecule has 0 bridgehead atoms. The molecule has 0 radical (unpaired) electrons. The fourth-order valence-electron chi connectivity index (χ4n) is 2.38. The van der Waals surface area contributed by atoms with Gasteiger partial charge in [-0.3, -0.25) is 4.79 Å². The number of esters is 1. The number of hydrogen-bond acceptors (Lipinski definition) is 5. The molecule has 1 unspecified atom stereocenters. The van der Waals surface area contributed by atoms with Crippen LogP contribution in [0.5, 0.6) is 0 Å². The minimum absolute atomic E-state index is 0.0595. The zero-order valence-corrected chi connectivity index (χ0v) is 13.3. The smallest absolute Gasteiger partial charge is 0.340 e. The minimum atomic E-state index is -0.753. The summed E-state index contributed by atoms with van der Waals surface area (Å²) in [6.45, 7) is 3.77. The molecule has 1 fully saturated rings. The van der Waals surface area contributed by atoms with E-state index in [0.29, 0.717) is 25.4 Å². The Kier molecular flexibility index (Phi) is 5.92. The number of rotatable bonds is 5. The standard InChI is InChI=1S/C16H21FN2O4/c1-3-12-10-19(6-7-23-12)15(20)9-18-11-4-5-14(17)13(8-11)16(21)22-2/h4-5,8,12,18H,3,6-7,9-10H2,1-2H3. The third-order valence-electron chi connectivity index (χ3n) is 3.76. The predicted octanol–water partition coefficient (Wildman–Crippen LogP) is 1.66. The topological polar surface area (TPSA) is 67.9 Å². The van der Waals surface area contributed by atoms with Crippen LogP contribution in [0.15, 0.2) is 18.2 Å². The lowest BCUT2D eigenvalue weighted by atomic mass is 10.2. The normalized spacial score (nSPS) is 17.7. The maximum absolute atomic E-state index is 13.6. The average Bonchev–Trinajstić information content (AvgIpc) is 2.60. The van der Waals surface area contributed by atoms with Gasteiger partial charge in [-0.1, -0.05) is 6.92 Å². The van der Waals surface area contributed by atoms with Gasteiger partial charge < -0.3 is 19.7 Å². The van der Waals surface area contributed by atoms with Gasteiger partial charge in [-0.25, -0.2) is 9.18 Å². The van der Waals surface area contributed by atoms with Crippen molar-refractivity contribution >= 4 is 17.6 Å². The molecule has 1 heterocycles. The first kappa shape index (κ1) is 17.2. The molecule has 2 rings (SSSR count). The second kappa shape index (κ2) is 7.92. The summed E-state index contributed by atoms with van der Waals surface area (Å²) in [5.74, 6) is -1.47. The van der Waals surface area contributed by atoms with Crippen molar-refractivity contribution in [1.29, 1.82) is 0 Å². The molecular weight excluding hydrogens is 303 g/mol. The van der Waals surface area contributed by atoms with Crippen LogP contribution < -0.4 is 5.32 Å². The Balaban J connectivity index is 1.95. The molecule has 1 saturated heterocycles. The van der Waals surface area contributed by atoms with E-state index >= 15 is 0 Å². The molecule has 1 amide bonds. The molecule has 6 nitrogen and oxygen atoms in total. The van der Waals surface area contributed by atoms with Crippen molar-refractivity contribution in [1.82, 2.24) is 4.90 Å². The molecule has 1 aromatic carbocycles. The Morgan fingerprint density at radius 1 is 1.48 bits per heavy atom. The lowest BCUT2D eigenvalue weighted by molar-refractivity contribution is -0.136. The average molecular weight is 324 g/mol. The number of halogens is 1. The van der Waals surface area contributed by atoms with Crippen molar-refractivity contribution in [2.75, 3.05) is 38.7 Å². The van der Waals surface area contributed by atoms with Crippen LogP contribution in [0, 0.1) is 5.82 Å². The van der Waals surface area contributed by atoms with Crippen molar-refractivity contribution in [2.24, 2.45) is 0 Å². The van der Waals surface area contributed by atoms with E-state index in [9.17, 15) is 14.0 Å². The number of morpholine rings is 1. The van der Waals surface area contributed by atoms with E-state index in [2.05, 4.69) is 10.1 Å². The molecule has 1 N–H and O–H groups in total. The molecule has 7 heteroatoms. The summed E-state index contributed by atoms with van der Waals surface area (Å²) in [5, 5.41) is 2.91. The molecule has 0 aliphatic carbocycles. The van der Waals surface area contributed by atoms with Gasteiger partial charge in [0.2, 0.25) is 5.91 Å². The highest BCUT2D eigenvalue weighted by Crippen LogP contribution is 2.16. The predicted molar refractivity (Wildman–Crippen MR) is 82.8 cm³/mol. The molecule has 126 valence electrons. The van der Waals surface area contributed by atoms with Crippen molar-refractivity contribution in [3.8, 4) is 0 Å². The summed E-state index contributed by atoms with van der Waals surface area (Å²) in [7, 11) is 1.19. The molecule has 1 aliphatic heterocycles. The lowest BCUT2D eigenvalue weighted by Crippen LogP contribution is -2.47. The van der Waals surface area contributed by atoms with E-state index in [4.69, 9.17) is 4.74 Å². The van der Waals surface area contributed by atoms with Gasteiger partial charge in [-0.15, -0.1) is 0 Å². The SMILES string of the molecule is CCC1CN(C(=O)CNc2ccc(F)c(C(=O)OC)c2)CCO1. The number of ether oxygens (including phenoxy) is 2. The van der Waals surface area contributed by atoms with Gasteiger partial charge in [0, 0.05) is 18.8 Å². The van der Waals surface area contributed by atoms with Crippen molar-refractivity contribution < 1.29 is 23.5 Å². The molecule has 1 atom stereocenters. The first-order valence-corrected chi connectivity index (χ1v) is 7.56. The first-order chi connectivity index (χ1) is 11.0. The van der Waals surface area contributed by atoms with E-state index in [1.807, 2.05) is 6.92 Å². The second-order valence-corrected chi connectivity index (χ2v) is 5.28. The molecule has 0 spiro atoms. The van der Waals surface area contributed by atoms with Gasteiger partial charge in [-0.05, 0) is 24.6 Å². The number of nitrogens with one attached hydrogen (secondary N) is 1. The second-order valence-electron chi connectivity index (χ2n) is 5.28. The van der Waals surface area contributed by atoms with Crippen molar-refractivity contribution in [3.05, 3.63) is 29.6 Å². The molecule has 0 saturated carbocycles. The lowest BCUT2D eigenvalue weighted by Gasteiger charge is -2.32. The Labute approximate surface area is 134 Å². The maximum Gasteiger partial charge on any atom is 0.340 e. The Morgan fingerprint density at radius 3 is 2.96 bits per heavy atom. The van der Waals surface area contributed by atoms with Crippen molar-refractivity contribution in [2.45, 2.75) is 19.4 Å². The van der Waals surface area contributed by atoms with Crippen LogP contribution in [0.2, 0.25) is 0 Å². The number of hydrogen-bond donors (Lipinski definition) is 1. The Hall–Kier alpha value is -2.15. The molecule has 0 aromatic heterocycles. The molecule has 1 aromatic rings. The van der Waals surface area contributed by atoms with E-state index in [1.165, 1.54) is 25.3 Å². The highest BCUT2D eigenvalue weighted by molar-refractivity contribution is 5.91. The number of carbonyl (C=O) groups excluding carboxylic acids is 2. The van der Waals surface area contributed by atoms with Crippen LogP contribution in [-0.4, -0.2) is 56.2 Å². The van der Waals surface area contributed by atoms with Gasteiger partial charge in [0.15, 0.2) is 0 Å². The van der Waals surface area contributed by atoms with Gasteiger partial charge in [-0.2, -0.15) is 0 Å². The maximum atomic E-state index is 13.6. The molecule has 1 aliphatic rings. The third kappa shape index (κ3) is 4.41. The van der Waals surface area contributed by atoms with E-state index in [-0.39, 0.29) is 24.1 Å². The van der Waals surface area contributed by atoms with E-state index < -0.39 is 11.8 Å². The largest absolute Gasteiger partial charge is 0.465 e. The van der Waals surface area contributed by atoms with E-state index in [0.717, 1.165) is 6.42 Å². The number of benzene rings is 1. The fourth-order valence-corrected chi connectivity index (χ4v) is 2.38. The highest BCUT2D eigenvalue weighted by atomic mass is 19.1. The summed E-state index contributed by atoms with van der Waals surface area (Å²) >= 11 is 0. The number of anilines is 1. The third-order valence-corrected chi connectivity index (χ3v) is 3.76. The Morgan fingerprint density at radius 2 is 2.26 bits per heavy atom. The monoisotopic (exact) mass is 324 g/mol. The van der Waals surface area contributed by atoms with Crippen LogP contribution >= 0.6 is 0 Å². The van der Waals surface area contributed by atoms with Crippen LogP contribution in [-0.2, 0) is 14.3 Å². The zero-order valence-electron chi connectivity index (χ0n) is 13.3. The van der Waals surface area contributed by atoms with Crippen LogP contribution in [0.3, 0.4) is 0 Å². The summed E-state index contributed by atoms with van der Waals surface area (Å²) in [6, 6.07) is 3.98. The first-order valence-electron chi connectivity index (χ1n) is 7.56. The van der Waals surface area contributed by atoms with Crippen molar-refractivity contribution in [3.63, 3.8) is 0 Å². The number of nitrogens with zero attached hydrogens (tertiary/aromatic N) is 1. The quantitative estimate of drug-likeness (QED) is 0.835. The number of methoxy groups -OCH3 is 1.